The van der Waals surface area contributed by atoms with Crippen LogP contribution in [0.15, 0.2) is 42.5 Å². The van der Waals surface area contributed by atoms with E-state index in [-0.39, 0.29) is 23.7 Å². The molecule has 1 aliphatic heterocycles. The lowest BCUT2D eigenvalue weighted by atomic mass is 10.0. The lowest BCUT2D eigenvalue weighted by Crippen LogP contribution is -2.38. The Morgan fingerprint density at radius 2 is 1.57 bits per heavy atom. The molecule has 1 heterocycles. The van der Waals surface area contributed by atoms with Gasteiger partial charge in [-0.1, -0.05) is 44.2 Å². The lowest BCUT2D eigenvalue weighted by Gasteiger charge is -2.22. The van der Waals surface area contributed by atoms with Crippen molar-refractivity contribution < 1.29 is 19.1 Å². The SMILES string of the molecule is CC(C)COC(=O)N1CCCN(C(=O)c2ccc3c(c2)C(=O)c2ccccc2-3)CC1. The average molecular weight is 406 g/mol. The van der Waals surface area contributed by atoms with Gasteiger partial charge in [-0.15, -0.1) is 0 Å². The minimum absolute atomic E-state index is 0.0369. The maximum absolute atomic E-state index is 13.1. The number of ketones is 1. The quantitative estimate of drug-likeness (QED) is 0.663. The summed E-state index contributed by atoms with van der Waals surface area (Å²) in [6.45, 7) is 6.41. The van der Waals surface area contributed by atoms with Crippen LogP contribution in [0.3, 0.4) is 0 Å². The summed E-state index contributed by atoms with van der Waals surface area (Å²) in [6, 6.07) is 12.9. The first-order valence-electron chi connectivity index (χ1n) is 10.4. The topological polar surface area (TPSA) is 66.9 Å². The van der Waals surface area contributed by atoms with Crippen molar-refractivity contribution in [2.24, 2.45) is 5.92 Å². The molecule has 1 fully saturated rings. The summed E-state index contributed by atoms with van der Waals surface area (Å²) >= 11 is 0. The molecule has 0 saturated carbocycles. The molecule has 6 heteroatoms. The zero-order valence-electron chi connectivity index (χ0n) is 17.4. The van der Waals surface area contributed by atoms with Gasteiger partial charge in [0.25, 0.3) is 5.91 Å². The standard InChI is InChI=1S/C24H26N2O4/c1-16(2)15-30-24(29)26-11-5-10-25(12-13-26)23(28)17-8-9-19-18-6-3-4-7-20(18)22(27)21(19)14-17/h3-4,6-9,14,16H,5,10-13,15H2,1-2H3. The largest absolute Gasteiger partial charge is 0.449 e. The summed E-state index contributed by atoms with van der Waals surface area (Å²) in [6.07, 6.45) is 0.372. The molecule has 2 aromatic rings. The summed E-state index contributed by atoms with van der Waals surface area (Å²) in [5.41, 5.74) is 3.56. The Morgan fingerprint density at radius 1 is 0.900 bits per heavy atom. The molecule has 0 N–H and O–H groups in total. The fraction of sp³-hybridized carbons (Fsp3) is 0.375. The molecule has 0 unspecified atom stereocenters. The second-order valence-electron chi connectivity index (χ2n) is 8.24. The third kappa shape index (κ3) is 3.82. The van der Waals surface area contributed by atoms with Gasteiger partial charge < -0.3 is 14.5 Å². The highest BCUT2D eigenvalue weighted by molar-refractivity contribution is 6.22. The normalized spacial score (nSPS) is 15.6. The van der Waals surface area contributed by atoms with E-state index in [0.29, 0.717) is 55.9 Å². The first-order valence-corrected chi connectivity index (χ1v) is 10.4. The van der Waals surface area contributed by atoms with Crippen LogP contribution in [-0.2, 0) is 4.74 Å². The van der Waals surface area contributed by atoms with Gasteiger partial charge in [0.15, 0.2) is 5.78 Å². The van der Waals surface area contributed by atoms with E-state index < -0.39 is 0 Å². The Kier molecular flexibility index (Phi) is 5.57. The van der Waals surface area contributed by atoms with Gasteiger partial charge in [0.05, 0.1) is 6.61 Å². The summed E-state index contributed by atoms with van der Waals surface area (Å²) in [4.78, 5) is 41.5. The highest BCUT2D eigenvalue weighted by atomic mass is 16.6. The molecular formula is C24H26N2O4. The van der Waals surface area contributed by atoms with E-state index in [1.807, 2.05) is 44.2 Å². The molecule has 0 bridgehead atoms. The molecule has 0 aromatic heterocycles. The van der Waals surface area contributed by atoms with E-state index in [4.69, 9.17) is 4.74 Å². The number of hydrogen-bond donors (Lipinski definition) is 0. The Bertz CT molecular complexity index is 998. The monoisotopic (exact) mass is 406 g/mol. The Balaban J connectivity index is 1.46. The minimum Gasteiger partial charge on any atom is -0.449 e. The van der Waals surface area contributed by atoms with Crippen molar-refractivity contribution in [3.63, 3.8) is 0 Å². The predicted molar refractivity (Wildman–Crippen MR) is 114 cm³/mol. The van der Waals surface area contributed by atoms with Gasteiger partial charge in [-0.25, -0.2) is 4.79 Å². The fourth-order valence-electron chi connectivity index (χ4n) is 3.98. The molecule has 30 heavy (non-hydrogen) atoms. The number of carbonyl (C=O) groups is 3. The third-order valence-electron chi connectivity index (χ3n) is 5.55. The van der Waals surface area contributed by atoms with Crippen molar-refractivity contribution in [2.45, 2.75) is 20.3 Å². The number of nitrogens with zero attached hydrogens (tertiary/aromatic N) is 2. The van der Waals surface area contributed by atoms with Crippen molar-refractivity contribution in [3.8, 4) is 11.1 Å². The van der Waals surface area contributed by atoms with Crippen molar-refractivity contribution in [2.75, 3.05) is 32.8 Å². The summed E-state index contributed by atoms with van der Waals surface area (Å²) in [5.74, 6) is 0.136. The number of benzene rings is 2. The molecular weight excluding hydrogens is 380 g/mol. The molecule has 1 saturated heterocycles. The highest BCUT2D eigenvalue weighted by Gasteiger charge is 2.29. The van der Waals surface area contributed by atoms with Gasteiger partial charge in [-0.2, -0.15) is 0 Å². The average Bonchev–Trinajstić information content (AvgIpc) is 2.90. The maximum atomic E-state index is 13.1. The number of amides is 2. The molecule has 0 radical (unpaired) electrons. The van der Waals surface area contributed by atoms with Crippen LogP contribution in [0, 0.1) is 5.92 Å². The van der Waals surface area contributed by atoms with E-state index in [0.717, 1.165) is 11.1 Å². The number of ether oxygens (including phenoxy) is 1. The number of carbonyl (C=O) groups excluding carboxylic acids is 3. The van der Waals surface area contributed by atoms with Crippen molar-refractivity contribution in [1.82, 2.24) is 9.80 Å². The van der Waals surface area contributed by atoms with Crippen LogP contribution in [-0.4, -0.2) is 60.4 Å². The van der Waals surface area contributed by atoms with Gasteiger partial charge in [0.1, 0.15) is 0 Å². The third-order valence-corrected chi connectivity index (χ3v) is 5.55. The van der Waals surface area contributed by atoms with Crippen LogP contribution >= 0.6 is 0 Å². The molecule has 1 aliphatic carbocycles. The van der Waals surface area contributed by atoms with Gasteiger partial charge in [-0.3, -0.25) is 9.59 Å². The molecule has 6 nitrogen and oxygen atoms in total. The van der Waals surface area contributed by atoms with Gasteiger partial charge >= 0.3 is 6.09 Å². The van der Waals surface area contributed by atoms with Crippen molar-refractivity contribution >= 4 is 17.8 Å². The van der Waals surface area contributed by atoms with Crippen LogP contribution in [0.25, 0.3) is 11.1 Å². The van der Waals surface area contributed by atoms with E-state index in [1.54, 1.807) is 21.9 Å². The smallest absolute Gasteiger partial charge is 0.409 e. The van der Waals surface area contributed by atoms with Gasteiger partial charge in [0.2, 0.25) is 0 Å². The molecule has 0 spiro atoms. The Labute approximate surface area is 176 Å². The number of rotatable bonds is 3. The van der Waals surface area contributed by atoms with Gasteiger partial charge in [0, 0.05) is 42.9 Å². The molecule has 2 aromatic carbocycles. The van der Waals surface area contributed by atoms with E-state index in [2.05, 4.69) is 0 Å². The Hall–Kier alpha value is -3.15. The first-order chi connectivity index (χ1) is 14.5. The van der Waals surface area contributed by atoms with Gasteiger partial charge in [-0.05, 0) is 35.6 Å². The number of fused-ring (bicyclic) bond motifs is 3. The Morgan fingerprint density at radius 3 is 2.33 bits per heavy atom. The second-order valence-corrected chi connectivity index (χ2v) is 8.24. The van der Waals surface area contributed by atoms with E-state index in [9.17, 15) is 14.4 Å². The lowest BCUT2D eigenvalue weighted by molar-refractivity contribution is 0.0746. The van der Waals surface area contributed by atoms with Crippen LogP contribution in [0.1, 0.15) is 46.5 Å². The van der Waals surface area contributed by atoms with Crippen LogP contribution < -0.4 is 0 Å². The molecule has 4 rings (SSSR count). The summed E-state index contributed by atoms with van der Waals surface area (Å²) < 4.78 is 5.32. The summed E-state index contributed by atoms with van der Waals surface area (Å²) in [5, 5.41) is 0. The van der Waals surface area contributed by atoms with Crippen LogP contribution in [0.5, 0.6) is 0 Å². The van der Waals surface area contributed by atoms with Crippen molar-refractivity contribution in [1.29, 1.82) is 0 Å². The van der Waals surface area contributed by atoms with Crippen LogP contribution in [0.2, 0.25) is 0 Å². The molecule has 156 valence electrons. The zero-order valence-corrected chi connectivity index (χ0v) is 17.4. The summed E-state index contributed by atoms with van der Waals surface area (Å²) in [7, 11) is 0. The molecule has 2 aliphatic rings. The van der Waals surface area contributed by atoms with E-state index in [1.165, 1.54) is 0 Å². The van der Waals surface area contributed by atoms with Crippen molar-refractivity contribution in [3.05, 3.63) is 59.2 Å². The van der Waals surface area contributed by atoms with E-state index >= 15 is 0 Å². The molecule has 0 atom stereocenters. The first kappa shape index (κ1) is 20.1. The minimum atomic E-state index is -0.320. The fourth-order valence-corrected chi connectivity index (χ4v) is 3.98. The second kappa shape index (κ2) is 8.30. The zero-order chi connectivity index (χ0) is 21.3. The predicted octanol–water partition coefficient (Wildman–Crippen LogP) is 3.84. The maximum Gasteiger partial charge on any atom is 0.409 e. The molecule has 2 amide bonds. The van der Waals surface area contributed by atoms with Crippen LogP contribution in [0.4, 0.5) is 4.79 Å². The number of hydrogen-bond acceptors (Lipinski definition) is 4. The highest BCUT2D eigenvalue weighted by Crippen LogP contribution is 2.36.